The predicted molar refractivity (Wildman–Crippen MR) is 85.9 cm³/mol. The summed E-state index contributed by atoms with van der Waals surface area (Å²) in [6.45, 7) is 8.90. The van der Waals surface area contributed by atoms with Crippen LogP contribution in [0.5, 0.6) is 11.5 Å². The lowest BCUT2D eigenvalue weighted by Crippen LogP contribution is -2.42. The second kappa shape index (κ2) is 7.14. The first-order chi connectivity index (χ1) is 10.0. The minimum atomic E-state index is 0.196. The zero-order valence-electron chi connectivity index (χ0n) is 13.6. The van der Waals surface area contributed by atoms with E-state index in [9.17, 15) is 5.11 Å². The van der Waals surface area contributed by atoms with E-state index in [2.05, 4.69) is 31.0 Å². The van der Waals surface area contributed by atoms with Crippen molar-refractivity contribution in [3.63, 3.8) is 0 Å². The van der Waals surface area contributed by atoms with Crippen molar-refractivity contribution in [1.29, 1.82) is 0 Å². The van der Waals surface area contributed by atoms with Crippen LogP contribution in [0.1, 0.15) is 45.2 Å². The fourth-order valence-corrected chi connectivity index (χ4v) is 3.13. The summed E-state index contributed by atoms with van der Waals surface area (Å²) in [6, 6.07) is 7.01. The molecule has 1 aromatic carbocycles. The van der Waals surface area contributed by atoms with E-state index in [-0.39, 0.29) is 5.75 Å². The average molecular weight is 292 g/mol. The molecular formula is C17H28N2O2. The van der Waals surface area contributed by atoms with Gasteiger partial charge < -0.3 is 15.2 Å². The van der Waals surface area contributed by atoms with Crippen molar-refractivity contribution in [2.24, 2.45) is 0 Å². The average Bonchev–Trinajstić information content (AvgIpc) is 2.97. The Morgan fingerprint density at radius 1 is 1.38 bits per heavy atom. The van der Waals surface area contributed by atoms with Gasteiger partial charge >= 0.3 is 0 Å². The number of rotatable bonds is 6. The molecule has 1 heterocycles. The van der Waals surface area contributed by atoms with Crippen LogP contribution < -0.4 is 10.1 Å². The maximum absolute atomic E-state index is 9.75. The number of nitrogens with zero attached hydrogens (tertiary/aromatic N) is 1. The fraction of sp³-hybridized carbons (Fsp3) is 0.647. The number of hydrogen-bond donors (Lipinski definition) is 2. The predicted octanol–water partition coefficient (Wildman–Crippen LogP) is 2.92. The fourth-order valence-electron chi connectivity index (χ4n) is 3.13. The molecule has 118 valence electrons. The third kappa shape index (κ3) is 3.89. The summed E-state index contributed by atoms with van der Waals surface area (Å²) in [6.07, 6.45) is 2.53. The number of phenolic OH excluding ortho intramolecular Hbond substituents is 1. The standard InChI is InChI=1S/C17H28N2O2/c1-12(2)19(11-15-6-5-9-18-15)13(3)14-7-8-16(20)17(10-14)21-4/h7-8,10,12-13,15,18,20H,5-6,9,11H2,1-4H3. The van der Waals surface area contributed by atoms with Crippen molar-refractivity contribution >= 4 is 0 Å². The minimum Gasteiger partial charge on any atom is -0.504 e. The Hall–Kier alpha value is -1.26. The molecule has 1 aliphatic rings. The smallest absolute Gasteiger partial charge is 0.160 e. The molecule has 2 unspecified atom stereocenters. The zero-order valence-corrected chi connectivity index (χ0v) is 13.6. The van der Waals surface area contributed by atoms with Gasteiger partial charge in [-0.1, -0.05) is 6.07 Å². The number of ether oxygens (including phenoxy) is 1. The summed E-state index contributed by atoms with van der Waals surface area (Å²) in [7, 11) is 1.59. The highest BCUT2D eigenvalue weighted by atomic mass is 16.5. The largest absolute Gasteiger partial charge is 0.504 e. The SMILES string of the molecule is COc1cc(C(C)N(CC2CCCN2)C(C)C)ccc1O. The van der Waals surface area contributed by atoms with E-state index in [1.54, 1.807) is 13.2 Å². The molecule has 0 spiro atoms. The Balaban J connectivity index is 2.15. The first-order valence-electron chi connectivity index (χ1n) is 7.89. The van der Waals surface area contributed by atoms with Crippen LogP contribution in [0.15, 0.2) is 18.2 Å². The highest BCUT2D eigenvalue weighted by molar-refractivity contribution is 5.42. The summed E-state index contributed by atoms with van der Waals surface area (Å²) in [5, 5.41) is 13.3. The molecule has 1 aliphatic heterocycles. The van der Waals surface area contributed by atoms with Gasteiger partial charge in [0.25, 0.3) is 0 Å². The van der Waals surface area contributed by atoms with E-state index in [1.807, 2.05) is 12.1 Å². The summed E-state index contributed by atoms with van der Waals surface area (Å²) in [5.74, 6) is 0.740. The van der Waals surface area contributed by atoms with Gasteiger partial charge in [-0.25, -0.2) is 0 Å². The third-order valence-corrected chi connectivity index (χ3v) is 4.44. The van der Waals surface area contributed by atoms with Crippen molar-refractivity contribution in [1.82, 2.24) is 10.2 Å². The maximum atomic E-state index is 9.75. The molecule has 21 heavy (non-hydrogen) atoms. The molecule has 0 aromatic heterocycles. The second-order valence-corrected chi connectivity index (χ2v) is 6.19. The molecule has 1 saturated heterocycles. The highest BCUT2D eigenvalue weighted by Gasteiger charge is 2.24. The molecule has 0 aliphatic carbocycles. The van der Waals surface area contributed by atoms with Crippen molar-refractivity contribution < 1.29 is 9.84 Å². The van der Waals surface area contributed by atoms with Crippen molar-refractivity contribution in [2.75, 3.05) is 20.2 Å². The quantitative estimate of drug-likeness (QED) is 0.846. The lowest BCUT2D eigenvalue weighted by atomic mass is 10.0. The zero-order chi connectivity index (χ0) is 15.4. The van der Waals surface area contributed by atoms with E-state index in [4.69, 9.17) is 4.74 Å². The van der Waals surface area contributed by atoms with Crippen molar-refractivity contribution in [2.45, 2.75) is 51.7 Å². The van der Waals surface area contributed by atoms with Crippen LogP contribution in [0.25, 0.3) is 0 Å². The molecule has 4 nitrogen and oxygen atoms in total. The Bertz CT molecular complexity index is 456. The van der Waals surface area contributed by atoms with Gasteiger partial charge in [0.1, 0.15) is 0 Å². The van der Waals surface area contributed by atoms with Gasteiger partial charge in [0.2, 0.25) is 0 Å². The van der Waals surface area contributed by atoms with Crippen molar-refractivity contribution in [3.05, 3.63) is 23.8 Å². The first-order valence-corrected chi connectivity index (χ1v) is 7.89. The van der Waals surface area contributed by atoms with Gasteiger partial charge in [0.15, 0.2) is 11.5 Å². The van der Waals surface area contributed by atoms with Gasteiger partial charge in [-0.15, -0.1) is 0 Å². The van der Waals surface area contributed by atoms with Crippen LogP contribution in [0.2, 0.25) is 0 Å². The normalized spacial score (nSPS) is 20.2. The van der Waals surface area contributed by atoms with E-state index in [0.717, 1.165) is 13.1 Å². The van der Waals surface area contributed by atoms with Gasteiger partial charge in [0, 0.05) is 24.7 Å². The Kier molecular flexibility index (Phi) is 5.48. The van der Waals surface area contributed by atoms with Crippen LogP contribution in [0.3, 0.4) is 0 Å². The van der Waals surface area contributed by atoms with Crippen LogP contribution >= 0.6 is 0 Å². The monoisotopic (exact) mass is 292 g/mol. The number of hydrogen-bond acceptors (Lipinski definition) is 4. The van der Waals surface area contributed by atoms with Crippen LogP contribution in [0, 0.1) is 0 Å². The molecular weight excluding hydrogens is 264 g/mol. The maximum Gasteiger partial charge on any atom is 0.160 e. The van der Waals surface area contributed by atoms with Crippen molar-refractivity contribution in [3.8, 4) is 11.5 Å². The minimum absolute atomic E-state index is 0.196. The van der Waals surface area contributed by atoms with E-state index < -0.39 is 0 Å². The van der Waals surface area contributed by atoms with Gasteiger partial charge in [-0.2, -0.15) is 0 Å². The number of aromatic hydroxyl groups is 1. The lowest BCUT2D eigenvalue weighted by molar-refractivity contribution is 0.149. The molecule has 1 fully saturated rings. The summed E-state index contributed by atoms with van der Waals surface area (Å²) in [5.41, 5.74) is 1.18. The number of benzene rings is 1. The van der Waals surface area contributed by atoms with Crippen LogP contribution in [-0.2, 0) is 0 Å². The first kappa shape index (κ1) is 16.1. The van der Waals surface area contributed by atoms with Crippen LogP contribution in [-0.4, -0.2) is 42.3 Å². The molecule has 0 saturated carbocycles. The summed E-state index contributed by atoms with van der Waals surface area (Å²) < 4.78 is 5.23. The lowest BCUT2D eigenvalue weighted by Gasteiger charge is -2.35. The van der Waals surface area contributed by atoms with E-state index in [0.29, 0.717) is 23.9 Å². The van der Waals surface area contributed by atoms with Gasteiger partial charge in [-0.05, 0) is 57.9 Å². The third-order valence-electron chi connectivity index (χ3n) is 4.44. The summed E-state index contributed by atoms with van der Waals surface area (Å²) >= 11 is 0. The number of phenols is 1. The molecule has 2 rings (SSSR count). The van der Waals surface area contributed by atoms with E-state index >= 15 is 0 Å². The van der Waals surface area contributed by atoms with Gasteiger partial charge in [0.05, 0.1) is 7.11 Å². The highest BCUT2D eigenvalue weighted by Crippen LogP contribution is 2.32. The Labute approximate surface area is 128 Å². The number of methoxy groups -OCH3 is 1. The molecule has 0 radical (unpaired) electrons. The summed E-state index contributed by atoms with van der Waals surface area (Å²) in [4.78, 5) is 2.51. The Morgan fingerprint density at radius 2 is 2.14 bits per heavy atom. The molecule has 1 aromatic rings. The molecule has 4 heteroatoms. The van der Waals surface area contributed by atoms with Crippen LogP contribution in [0.4, 0.5) is 0 Å². The molecule has 2 N–H and O–H groups in total. The molecule has 0 amide bonds. The Morgan fingerprint density at radius 3 is 2.71 bits per heavy atom. The van der Waals surface area contributed by atoms with Gasteiger partial charge in [-0.3, -0.25) is 4.90 Å². The second-order valence-electron chi connectivity index (χ2n) is 6.19. The molecule has 2 atom stereocenters. The topological polar surface area (TPSA) is 44.7 Å². The van der Waals surface area contributed by atoms with E-state index in [1.165, 1.54) is 18.4 Å². The number of nitrogens with one attached hydrogen (secondary N) is 1. The molecule has 0 bridgehead atoms.